The Morgan fingerprint density at radius 3 is 2.66 bits per heavy atom. The molecule has 2 N–H and O–H groups in total. The smallest absolute Gasteiger partial charge is 0.269 e. The van der Waals surface area contributed by atoms with E-state index in [9.17, 15) is 4.79 Å². The van der Waals surface area contributed by atoms with E-state index in [1.807, 2.05) is 26.0 Å². The quantitative estimate of drug-likeness (QED) is 0.217. The van der Waals surface area contributed by atoms with Gasteiger partial charge in [0, 0.05) is 20.8 Å². The van der Waals surface area contributed by atoms with E-state index in [0.29, 0.717) is 42.7 Å². The molecule has 5 aromatic rings. The van der Waals surface area contributed by atoms with Crippen molar-refractivity contribution in [2.75, 3.05) is 5.32 Å². The highest BCUT2D eigenvalue weighted by molar-refractivity contribution is 7.80. The minimum Gasteiger partial charge on any atom is -0.436 e. The number of carbonyl (C=O) groups excluding carboxylic acids is 1. The highest BCUT2D eigenvalue weighted by atomic mass is 35.5. The van der Waals surface area contributed by atoms with Crippen LogP contribution in [0.25, 0.3) is 32.6 Å². The number of fused-ring (bicyclic) bond motifs is 2. The molecule has 1 amide bonds. The number of benzene rings is 3. The Balaban J connectivity index is 1.37. The summed E-state index contributed by atoms with van der Waals surface area (Å²) in [4.78, 5) is 17.8. The van der Waals surface area contributed by atoms with Gasteiger partial charge in [0.2, 0.25) is 5.89 Å². The highest BCUT2D eigenvalue weighted by Crippen LogP contribution is 2.37. The molecule has 0 aliphatic heterocycles. The fourth-order valence-electron chi connectivity index (χ4n) is 3.77. The lowest BCUT2D eigenvalue weighted by Crippen LogP contribution is -2.33. The number of nitrogens with zero attached hydrogens (tertiary/aromatic N) is 1. The zero-order valence-corrected chi connectivity index (χ0v) is 22.2. The predicted octanol–water partition coefficient (Wildman–Crippen LogP) is 8.41. The van der Waals surface area contributed by atoms with Crippen molar-refractivity contribution < 1.29 is 9.21 Å². The maximum absolute atomic E-state index is 12.8. The third-order valence-electron chi connectivity index (χ3n) is 5.30. The molecule has 0 bridgehead atoms. The van der Waals surface area contributed by atoms with E-state index >= 15 is 0 Å². The lowest BCUT2D eigenvalue weighted by Gasteiger charge is -2.10. The van der Waals surface area contributed by atoms with Crippen molar-refractivity contribution in [3.63, 3.8) is 0 Å². The summed E-state index contributed by atoms with van der Waals surface area (Å²) in [6.07, 6.45) is 0. The molecule has 2 aromatic heterocycles. The Morgan fingerprint density at radius 2 is 1.86 bits per heavy atom. The van der Waals surface area contributed by atoms with Gasteiger partial charge in [-0.15, -0.1) is 11.3 Å². The molecule has 5 nitrogen and oxygen atoms in total. The number of halogens is 3. The molecule has 0 aliphatic rings. The van der Waals surface area contributed by atoms with E-state index in [2.05, 4.69) is 15.6 Å². The molecule has 2 heterocycles. The van der Waals surface area contributed by atoms with E-state index in [0.717, 1.165) is 26.7 Å². The van der Waals surface area contributed by atoms with Crippen LogP contribution in [-0.2, 0) is 0 Å². The molecule has 0 radical (unpaired) electrons. The first kappa shape index (κ1) is 24.0. The van der Waals surface area contributed by atoms with Crippen molar-refractivity contribution in [3.05, 3.63) is 79.6 Å². The minimum absolute atomic E-state index is 0.110. The molecule has 0 unspecified atom stereocenters. The maximum atomic E-state index is 12.8. The van der Waals surface area contributed by atoms with Gasteiger partial charge >= 0.3 is 0 Å². The Kier molecular flexibility index (Phi) is 6.46. The number of thiocarbonyl (C=S) groups is 1. The van der Waals surface area contributed by atoms with Gasteiger partial charge in [0.15, 0.2) is 10.7 Å². The molecular formula is C25H16Cl3N3O2S2. The molecule has 0 aliphatic carbocycles. The van der Waals surface area contributed by atoms with Gasteiger partial charge in [0.05, 0.1) is 15.6 Å². The topological polar surface area (TPSA) is 67.2 Å². The fourth-order valence-corrected chi connectivity index (χ4v) is 5.86. The molecule has 10 heteroatoms. The molecule has 0 fully saturated rings. The van der Waals surface area contributed by atoms with Crippen LogP contribution >= 0.6 is 58.4 Å². The SMILES string of the molecule is Cc1cc(C)c2oc(-c3cc(NC(=S)NC(=O)c4sc5cc(Cl)ccc5c4Cl)ccc3Cl)nc2c1. The molecule has 3 aromatic carbocycles. The zero-order valence-electron chi connectivity index (χ0n) is 18.3. The average molecular weight is 561 g/mol. The van der Waals surface area contributed by atoms with Crippen LogP contribution in [0.15, 0.2) is 52.9 Å². The summed E-state index contributed by atoms with van der Waals surface area (Å²) in [5.74, 6) is -0.0168. The number of thiophene rings is 1. The third kappa shape index (κ3) is 4.75. The molecule has 0 spiro atoms. The number of aryl methyl sites for hydroxylation is 2. The van der Waals surface area contributed by atoms with Gasteiger partial charge < -0.3 is 9.73 Å². The minimum atomic E-state index is -0.413. The third-order valence-corrected chi connectivity index (χ3v) is 7.72. The molecule has 0 atom stereocenters. The number of rotatable bonds is 3. The van der Waals surface area contributed by atoms with Crippen LogP contribution in [0.3, 0.4) is 0 Å². The van der Waals surface area contributed by atoms with Crippen LogP contribution in [-0.4, -0.2) is 16.0 Å². The molecule has 0 saturated heterocycles. The number of hydrogen-bond donors (Lipinski definition) is 2. The first-order valence-corrected chi connectivity index (χ1v) is 12.7. The number of aromatic nitrogens is 1. The van der Waals surface area contributed by atoms with Crippen molar-refractivity contribution in [1.29, 1.82) is 0 Å². The van der Waals surface area contributed by atoms with Crippen molar-refractivity contribution in [3.8, 4) is 11.5 Å². The summed E-state index contributed by atoms with van der Waals surface area (Å²) in [5, 5.41) is 7.96. The lowest BCUT2D eigenvalue weighted by molar-refractivity contribution is 0.0982. The van der Waals surface area contributed by atoms with Gasteiger partial charge in [-0.25, -0.2) is 4.98 Å². The Labute approximate surface area is 225 Å². The summed E-state index contributed by atoms with van der Waals surface area (Å²) < 4.78 is 6.82. The Morgan fingerprint density at radius 1 is 1.06 bits per heavy atom. The number of oxazole rings is 1. The van der Waals surface area contributed by atoms with E-state index in [1.54, 1.807) is 36.4 Å². The normalized spacial score (nSPS) is 11.2. The van der Waals surface area contributed by atoms with Crippen LogP contribution in [0.2, 0.25) is 15.1 Å². The van der Waals surface area contributed by atoms with E-state index in [1.165, 1.54) is 11.3 Å². The summed E-state index contributed by atoms with van der Waals surface area (Å²) in [6.45, 7) is 3.98. The summed E-state index contributed by atoms with van der Waals surface area (Å²) in [7, 11) is 0. The van der Waals surface area contributed by atoms with Crippen LogP contribution in [0, 0.1) is 13.8 Å². The molecule has 5 rings (SSSR count). The number of hydrogen-bond acceptors (Lipinski definition) is 5. The maximum Gasteiger partial charge on any atom is 0.269 e. The van der Waals surface area contributed by atoms with Crippen molar-refractivity contribution in [2.24, 2.45) is 0 Å². The van der Waals surface area contributed by atoms with Gasteiger partial charge in [0.25, 0.3) is 5.91 Å². The van der Waals surface area contributed by atoms with Gasteiger partial charge in [-0.3, -0.25) is 10.1 Å². The van der Waals surface area contributed by atoms with Gasteiger partial charge in [-0.2, -0.15) is 0 Å². The van der Waals surface area contributed by atoms with Crippen LogP contribution in [0.5, 0.6) is 0 Å². The Bertz CT molecular complexity index is 1660. The molecular weight excluding hydrogens is 545 g/mol. The molecule has 176 valence electrons. The van der Waals surface area contributed by atoms with E-state index in [4.69, 9.17) is 51.4 Å². The second kappa shape index (κ2) is 9.41. The average Bonchev–Trinajstić information content (AvgIpc) is 3.36. The van der Waals surface area contributed by atoms with Crippen molar-refractivity contribution in [1.82, 2.24) is 10.3 Å². The monoisotopic (exact) mass is 559 g/mol. The van der Waals surface area contributed by atoms with E-state index < -0.39 is 5.91 Å². The zero-order chi connectivity index (χ0) is 24.9. The second-order valence-electron chi connectivity index (χ2n) is 7.94. The number of carbonyl (C=O) groups is 1. The number of anilines is 1. The Hall–Kier alpha value is -2.68. The number of amides is 1. The first-order chi connectivity index (χ1) is 16.7. The second-order valence-corrected chi connectivity index (χ2v) is 10.6. The summed E-state index contributed by atoms with van der Waals surface area (Å²) in [6, 6.07) is 14.5. The van der Waals surface area contributed by atoms with Crippen LogP contribution < -0.4 is 10.6 Å². The largest absolute Gasteiger partial charge is 0.436 e. The number of nitrogens with one attached hydrogen (secondary N) is 2. The van der Waals surface area contributed by atoms with Gasteiger partial charge in [0.1, 0.15) is 10.4 Å². The predicted molar refractivity (Wildman–Crippen MR) is 149 cm³/mol. The van der Waals surface area contributed by atoms with Crippen molar-refractivity contribution in [2.45, 2.75) is 13.8 Å². The highest BCUT2D eigenvalue weighted by Gasteiger charge is 2.19. The summed E-state index contributed by atoms with van der Waals surface area (Å²) in [5.41, 5.74) is 4.78. The first-order valence-electron chi connectivity index (χ1n) is 10.4. The van der Waals surface area contributed by atoms with Crippen molar-refractivity contribution >= 4 is 96.3 Å². The molecule has 0 saturated carbocycles. The standard InChI is InChI=1S/C25H16Cl3N3O2S2/c1-11-7-12(2)21-18(8-11)30-24(33-21)16-10-14(4-6-17(16)27)29-25(34)31-23(32)22-20(28)15-5-3-13(26)9-19(15)35-22/h3-10H,1-2H3,(H2,29,31,32,34). The van der Waals surface area contributed by atoms with Crippen LogP contribution in [0.4, 0.5) is 5.69 Å². The molecule has 35 heavy (non-hydrogen) atoms. The fraction of sp³-hybridized carbons (Fsp3) is 0.0800. The van der Waals surface area contributed by atoms with Gasteiger partial charge in [-0.1, -0.05) is 46.9 Å². The summed E-state index contributed by atoms with van der Waals surface area (Å²) >= 11 is 25.5. The lowest BCUT2D eigenvalue weighted by atomic mass is 10.1. The van der Waals surface area contributed by atoms with Crippen LogP contribution in [0.1, 0.15) is 20.8 Å². The van der Waals surface area contributed by atoms with Gasteiger partial charge in [-0.05, 0) is 73.6 Å². The van der Waals surface area contributed by atoms with E-state index in [-0.39, 0.29) is 5.11 Å².